The van der Waals surface area contributed by atoms with Crippen LogP contribution in [0.1, 0.15) is 37.0 Å². The molecule has 7 heteroatoms. The summed E-state index contributed by atoms with van der Waals surface area (Å²) in [6.45, 7) is 5.07. The van der Waals surface area contributed by atoms with E-state index in [-0.39, 0.29) is 24.8 Å². The van der Waals surface area contributed by atoms with Crippen molar-refractivity contribution in [3.63, 3.8) is 0 Å². The largest absolute Gasteiger partial charge is 0.493 e. The van der Waals surface area contributed by atoms with Crippen molar-refractivity contribution < 1.29 is 19.1 Å². The summed E-state index contributed by atoms with van der Waals surface area (Å²) >= 11 is 6.11. The second-order valence-electron chi connectivity index (χ2n) is 9.69. The predicted octanol–water partition coefficient (Wildman–Crippen LogP) is 5.70. The van der Waals surface area contributed by atoms with Gasteiger partial charge in [0.2, 0.25) is 11.8 Å². The quantitative estimate of drug-likeness (QED) is 0.304. The highest BCUT2D eigenvalue weighted by atomic mass is 35.5. The van der Waals surface area contributed by atoms with Crippen molar-refractivity contribution >= 4 is 23.4 Å². The van der Waals surface area contributed by atoms with Gasteiger partial charge in [-0.15, -0.1) is 0 Å². The summed E-state index contributed by atoms with van der Waals surface area (Å²) in [6, 6.07) is 21.9. The molecular formula is C31H37ClN2O4. The fraction of sp³-hybridized carbons (Fsp3) is 0.355. The van der Waals surface area contributed by atoms with Crippen LogP contribution < -0.4 is 14.8 Å². The first-order chi connectivity index (χ1) is 18.3. The van der Waals surface area contributed by atoms with E-state index in [0.717, 1.165) is 23.1 Å². The molecule has 0 saturated carbocycles. The van der Waals surface area contributed by atoms with Crippen LogP contribution >= 0.6 is 11.6 Å². The Bertz CT molecular complexity index is 1180. The van der Waals surface area contributed by atoms with Gasteiger partial charge >= 0.3 is 0 Å². The zero-order valence-electron chi connectivity index (χ0n) is 22.6. The average Bonchev–Trinajstić information content (AvgIpc) is 2.91. The van der Waals surface area contributed by atoms with Crippen molar-refractivity contribution in [2.45, 2.75) is 45.7 Å². The highest BCUT2D eigenvalue weighted by molar-refractivity contribution is 6.30. The monoisotopic (exact) mass is 536 g/mol. The van der Waals surface area contributed by atoms with Crippen molar-refractivity contribution in [1.82, 2.24) is 10.2 Å². The van der Waals surface area contributed by atoms with E-state index in [1.165, 1.54) is 0 Å². The molecule has 0 aliphatic rings. The van der Waals surface area contributed by atoms with Gasteiger partial charge in [0.1, 0.15) is 6.04 Å². The number of nitrogens with zero attached hydrogens (tertiary/aromatic N) is 1. The van der Waals surface area contributed by atoms with Crippen LogP contribution in [0.15, 0.2) is 72.8 Å². The lowest BCUT2D eigenvalue weighted by molar-refractivity contribution is -0.140. The number of carbonyl (C=O) groups excluding carboxylic acids is 2. The fourth-order valence-corrected chi connectivity index (χ4v) is 4.34. The number of nitrogens with one attached hydrogen (secondary N) is 1. The third kappa shape index (κ3) is 8.52. The number of amides is 2. The van der Waals surface area contributed by atoms with Crippen LogP contribution in [-0.2, 0) is 29.0 Å². The molecule has 6 nitrogen and oxygen atoms in total. The molecular weight excluding hydrogens is 500 g/mol. The minimum atomic E-state index is -0.687. The molecule has 1 N–H and O–H groups in total. The molecule has 0 radical (unpaired) electrons. The Balaban J connectivity index is 1.95. The number of ether oxygens (including phenoxy) is 2. The fourth-order valence-electron chi connectivity index (χ4n) is 4.21. The first-order valence-corrected chi connectivity index (χ1v) is 13.2. The Kier molecular flexibility index (Phi) is 11.0. The summed E-state index contributed by atoms with van der Waals surface area (Å²) < 4.78 is 10.8. The second kappa shape index (κ2) is 14.4. The molecule has 0 aliphatic carbocycles. The molecule has 3 rings (SSSR count). The van der Waals surface area contributed by atoms with Gasteiger partial charge in [0.25, 0.3) is 0 Å². The van der Waals surface area contributed by atoms with Gasteiger partial charge in [0.15, 0.2) is 11.5 Å². The van der Waals surface area contributed by atoms with Crippen LogP contribution in [0.2, 0.25) is 5.02 Å². The lowest BCUT2D eigenvalue weighted by atomic mass is 10.0. The standard InChI is InChI=1S/C31H37ClN2O4/c1-22(2)16-17-33-31(36)27(18-23-8-6-5-7-9-23)34(21-24-10-13-26(32)14-11-24)30(35)20-25-12-15-28(37-3)29(19-25)38-4/h5-15,19,22,27H,16-18,20-21H2,1-4H3,(H,33,36)/t27-/m0/s1. The van der Waals surface area contributed by atoms with E-state index in [2.05, 4.69) is 19.2 Å². The van der Waals surface area contributed by atoms with Crippen LogP contribution in [0.5, 0.6) is 11.5 Å². The second-order valence-corrected chi connectivity index (χ2v) is 10.1. The number of carbonyl (C=O) groups is 2. The van der Waals surface area contributed by atoms with Gasteiger partial charge in [-0.25, -0.2) is 0 Å². The van der Waals surface area contributed by atoms with Crippen molar-refractivity contribution in [2.24, 2.45) is 5.92 Å². The Labute approximate surface area is 230 Å². The Morgan fingerprint density at radius 2 is 1.53 bits per heavy atom. The van der Waals surface area contributed by atoms with Gasteiger partial charge in [-0.1, -0.05) is 74.0 Å². The zero-order valence-corrected chi connectivity index (χ0v) is 23.3. The molecule has 3 aromatic rings. The lowest BCUT2D eigenvalue weighted by Crippen LogP contribution is -2.51. The van der Waals surface area contributed by atoms with E-state index >= 15 is 0 Å². The maximum absolute atomic E-state index is 13.9. The molecule has 0 bridgehead atoms. The van der Waals surface area contributed by atoms with Gasteiger partial charge in [-0.05, 0) is 53.3 Å². The average molecular weight is 537 g/mol. The maximum Gasteiger partial charge on any atom is 0.243 e. The van der Waals surface area contributed by atoms with Crippen molar-refractivity contribution in [2.75, 3.05) is 20.8 Å². The topological polar surface area (TPSA) is 67.9 Å². The first kappa shape index (κ1) is 29.1. The molecule has 0 fully saturated rings. The summed E-state index contributed by atoms with van der Waals surface area (Å²) in [5.74, 6) is 1.28. The summed E-state index contributed by atoms with van der Waals surface area (Å²) in [6.07, 6.45) is 1.37. The molecule has 38 heavy (non-hydrogen) atoms. The summed E-state index contributed by atoms with van der Waals surface area (Å²) in [4.78, 5) is 29.2. The van der Waals surface area contributed by atoms with E-state index in [1.807, 2.05) is 48.5 Å². The molecule has 0 heterocycles. The van der Waals surface area contributed by atoms with Crippen LogP contribution in [0.3, 0.4) is 0 Å². The van der Waals surface area contributed by atoms with Crippen LogP contribution in [-0.4, -0.2) is 43.5 Å². The van der Waals surface area contributed by atoms with Crippen molar-refractivity contribution in [3.8, 4) is 11.5 Å². The Morgan fingerprint density at radius 1 is 0.868 bits per heavy atom. The number of halogens is 1. The minimum absolute atomic E-state index is 0.110. The van der Waals surface area contributed by atoms with E-state index < -0.39 is 6.04 Å². The summed E-state index contributed by atoms with van der Waals surface area (Å²) in [5, 5.41) is 3.69. The minimum Gasteiger partial charge on any atom is -0.493 e. The van der Waals surface area contributed by atoms with Gasteiger partial charge < -0.3 is 19.7 Å². The Hall–Kier alpha value is -3.51. The van der Waals surface area contributed by atoms with E-state index in [4.69, 9.17) is 21.1 Å². The number of methoxy groups -OCH3 is 2. The number of hydrogen-bond donors (Lipinski definition) is 1. The lowest BCUT2D eigenvalue weighted by Gasteiger charge is -2.32. The van der Waals surface area contributed by atoms with Crippen molar-refractivity contribution in [1.29, 1.82) is 0 Å². The normalized spacial score (nSPS) is 11.6. The van der Waals surface area contributed by atoms with E-state index in [0.29, 0.717) is 35.4 Å². The Morgan fingerprint density at radius 3 is 2.16 bits per heavy atom. The van der Waals surface area contributed by atoms with E-state index in [9.17, 15) is 9.59 Å². The highest BCUT2D eigenvalue weighted by Gasteiger charge is 2.30. The molecule has 0 unspecified atom stereocenters. The molecule has 0 spiro atoms. The number of rotatable bonds is 13. The third-order valence-electron chi connectivity index (χ3n) is 6.36. The summed E-state index contributed by atoms with van der Waals surface area (Å²) in [7, 11) is 3.14. The van der Waals surface area contributed by atoms with Crippen LogP contribution in [0.25, 0.3) is 0 Å². The number of hydrogen-bond acceptors (Lipinski definition) is 4. The van der Waals surface area contributed by atoms with Gasteiger partial charge in [0.05, 0.1) is 20.6 Å². The molecule has 202 valence electrons. The van der Waals surface area contributed by atoms with E-state index in [1.54, 1.807) is 43.4 Å². The SMILES string of the molecule is COc1ccc(CC(=O)N(Cc2ccc(Cl)cc2)[C@@H](Cc2ccccc2)C(=O)NCCC(C)C)cc1OC. The first-order valence-electron chi connectivity index (χ1n) is 12.9. The molecule has 3 aromatic carbocycles. The summed E-state index contributed by atoms with van der Waals surface area (Å²) in [5.41, 5.74) is 2.65. The van der Waals surface area contributed by atoms with Crippen LogP contribution in [0, 0.1) is 5.92 Å². The molecule has 0 saturated heterocycles. The zero-order chi connectivity index (χ0) is 27.5. The molecule has 2 amide bonds. The van der Waals surface area contributed by atoms with Gasteiger partial charge in [-0.2, -0.15) is 0 Å². The molecule has 0 aliphatic heterocycles. The third-order valence-corrected chi connectivity index (χ3v) is 6.61. The predicted molar refractivity (Wildman–Crippen MR) is 152 cm³/mol. The number of benzene rings is 3. The van der Waals surface area contributed by atoms with Gasteiger partial charge in [-0.3, -0.25) is 9.59 Å². The van der Waals surface area contributed by atoms with Crippen LogP contribution in [0.4, 0.5) is 0 Å². The highest BCUT2D eigenvalue weighted by Crippen LogP contribution is 2.28. The molecule has 0 aromatic heterocycles. The van der Waals surface area contributed by atoms with Crippen molar-refractivity contribution in [3.05, 3.63) is 94.5 Å². The maximum atomic E-state index is 13.9. The van der Waals surface area contributed by atoms with Gasteiger partial charge in [0, 0.05) is 24.5 Å². The smallest absolute Gasteiger partial charge is 0.243 e. The molecule has 1 atom stereocenters.